The van der Waals surface area contributed by atoms with Crippen LogP contribution in [0.25, 0.3) is 0 Å². The van der Waals surface area contributed by atoms with Crippen LogP contribution in [0.5, 0.6) is 5.75 Å². The van der Waals surface area contributed by atoms with Crippen molar-refractivity contribution in [1.82, 2.24) is 14.3 Å². The number of amides is 1. The highest BCUT2D eigenvalue weighted by atomic mass is 32.2. The molecule has 31 heavy (non-hydrogen) atoms. The normalized spacial score (nSPS) is 20.2. The molecule has 1 atom stereocenters. The van der Waals surface area contributed by atoms with Crippen LogP contribution in [0.2, 0.25) is 0 Å². The first kappa shape index (κ1) is 22.3. The van der Waals surface area contributed by atoms with Crippen molar-refractivity contribution in [3.63, 3.8) is 0 Å². The van der Waals surface area contributed by atoms with Crippen LogP contribution in [0.3, 0.4) is 0 Å². The van der Waals surface area contributed by atoms with Gasteiger partial charge in [0.15, 0.2) is 17.7 Å². The molecule has 3 heterocycles. The van der Waals surface area contributed by atoms with Crippen molar-refractivity contribution in [2.24, 2.45) is 0 Å². The molecular weight excluding hydrogens is 435 g/mol. The minimum atomic E-state index is -0.603. The van der Waals surface area contributed by atoms with Gasteiger partial charge in [-0.2, -0.15) is 4.37 Å². The average molecular weight is 465 g/mol. The third-order valence-corrected chi connectivity index (χ3v) is 7.46. The first-order valence-electron chi connectivity index (χ1n) is 10.9. The number of aromatic nitrogens is 2. The summed E-state index contributed by atoms with van der Waals surface area (Å²) in [6.45, 7) is 8.60. The number of hydrogen-bond donors (Lipinski definition) is 0. The number of halogens is 1. The second-order valence-corrected chi connectivity index (χ2v) is 10.3. The number of rotatable bonds is 7. The molecule has 2 aromatic rings. The second-order valence-electron chi connectivity index (χ2n) is 8.26. The number of carbonyl (C=O) groups is 1. The molecule has 1 aromatic carbocycles. The van der Waals surface area contributed by atoms with Crippen molar-refractivity contribution >= 4 is 34.3 Å². The molecule has 0 N–H and O–H groups in total. The predicted octanol–water partition coefficient (Wildman–Crippen LogP) is 4.56. The van der Waals surface area contributed by atoms with Crippen molar-refractivity contribution in [3.8, 4) is 5.75 Å². The topological polar surface area (TPSA) is 58.6 Å². The molecule has 1 unspecified atom stereocenters. The van der Waals surface area contributed by atoms with Gasteiger partial charge in [0, 0.05) is 54.4 Å². The number of anilines is 1. The largest absolute Gasteiger partial charge is 0.477 e. The van der Waals surface area contributed by atoms with Gasteiger partial charge < -0.3 is 14.5 Å². The highest BCUT2D eigenvalue weighted by Gasteiger charge is 2.39. The number of hydrogen-bond acceptors (Lipinski definition) is 7. The third kappa shape index (κ3) is 4.98. The van der Waals surface area contributed by atoms with Gasteiger partial charge in [-0.15, -0.1) is 11.8 Å². The molecule has 2 aliphatic heterocycles. The van der Waals surface area contributed by atoms with Crippen molar-refractivity contribution < 1.29 is 13.9 Å². The molecular formula is C22H29FN4O2S2. The first-order valence-corrected chi connectivity index (χ1v) is 12.7. The van der Waals surface area contributed by atoms with E-state index in [4.69, 9.17) is 4.74 Å². The minimum Gasteiger partial charge on any atom is -0.477 e. The Labute approximate surface area is 191 Å². The molecule has 2 saturated heterocycles. The number of piperidine rings is 1. The second kappa shape index (κ2) is 9.73. The summed E-state index contributed by atoms with van der Waals surface area (Å²) in [7, 11) is 0. The maximum absolute atomic E-state index is 14.4. The lowest BCUT2D eigenvalue weighted by atomic mass is 10.0. The van der Waals surface area contributed by atoms with E-state index >= 15 is 0 Å². The van der Waals surface area contributed by atoms with E-state index in [2.05, 4.69) is 28.1 Å². The summed E-state index contributed by atoms with van der Waals surface area (Å²) < 4.78 is 24.6. The lowest BCUT2D eigenvalue weighted by Gasteiger charge is -2.36. The van der Waals surface area contributed by atoms with E-state index in [1.54, 1.807) is 17.8 Å². The highest BCUT2D eigenvalue weighted by molar-refractivity contribution is 7.99. The molecule has 6 nitrogen and oxygen atoms in total. The van der Waals surface area contributed by atoms with Gasteiger partial charge in [-0.3, -0.25) is 4.79 Å². The summed E-state index contributed by atoms with van der Waals surface area (Å²) in [6, 6.07) is 5.16. The molecule has 1 aromatic heterocycles. The molecule has 0 bridgehead atoms. The standard InChI is InChI=1S/C22H29FN4O2S2/c1-4-30-16-5-6-18(17(23)13-16)29-19-9-12-27(21(19)28)15-7-10-26(11-8-15)22-24-20(14(2)3)25-31-22/h5-6,13-15,19H,4,7-12H2,1-3H3. The quantitative estimate of drug-likeness (QED) is 0.560. The highest BCUT2D eigenvalue weighted by Crippen LogP contribution is 2.30. The zero-order valence-corrected chi connectivity index (χ0v) is 19.8. The Bertz CT molecular complexity index is 915. The van der Waals surface area contributed by atoms with Gasteiger partial charge >= 0.3 is 0 Å². The van der Waals surface area contributed by atoms with Crippen LogP contribution >= 0.6 is 23.3 Å². The van der Waals surface area contributed by atoms with Gasteiger partial charge in [-0.05, 0) is 36.8 Å². The fourth-order valence-electron chi connectivity index (χ4n) is 4.09. The van der Waals surface area contributed by atoms with Crippen LogP contribution in [0.15, 0.2) is 23.1 Å². The lowest BCUT2D eigenvalue weighted by molar-refractivity contribution is -0.135. The van der Waals surface area contributed by atoms with Crippen molar-refractivity contribution in [2.75, 3.05) is 30.3 Å². The zero-order valence-electron chi connectivity index (χ0n) is 18.2. The Kier molecular flexibility index (Phi) is 7.01. The number of benzene rings is 1. The smallest absolute Gasteiger partial charge is 0.263 e. The van der Waals surface area contributed by atoms with E-state index in [9.17, 15) is 9.18 Å². The predicted molar refractivity (Wildman–Crippen MR) is 123 cm³/mol. The summed E-state index contributed by atoms with van der Waals surface area (Å²) in [6.07, 6.45) is 1.78. The van der Waals surface area contributed by atoms with Crippen LogP contribution in [0.4, 0.5) is 9.52 Å². The van der Waals surface area contributed by atoms with Gasteiger partial charge in [0.2, 0.25) is 5.13 Å². The number of ether oxygens (including phenoxy) is 1. The van der Waals surface area contributed by atoms with Crippen LogP contribution < -0.4 is 9.64 Å². The van der Waals surface area contributed by atoms with E-state index in [0.717, 1.165) is 47.5 Å². The van der Waals surface area contributed by atoms with Crippen LogP contribution in [0.1, 0.15) is 51.8 Å². The van der Waals surface area contributed by atoms with Gasteiger partial charge in [-0.1, -0.05) is 20.8 Å². The SMILES string of the molecule is CCSc1ccc(OC2CCN(C3CCN(c4nc(C(C)C)ns4)CC3)C2=O)c(F)c1. The summed E-state index contributed by atoms with van der Waals surface area (Å²) in [5.41, 5.74) is 0. The molecule has 2 aliphatic rings. The van der Waals surface area contributed by atoms with Crippen LogP contribution in [0, 0.1) is 5.82 Å². The molecule has 168 valence electrons. The molecule has 1 amide bonds. The van der Waals surface area contributed by atoms with Crippen LogP contribution in [-0.4, -0.2) is 57.7 Å². The van der Waals surface area contributed by atoms with Gasteiger partial charge in [-0.25, -0.2) is 9.37 Å². The summed E-state index contributed by atoms with van der Waals surface area (Å²) in [4.78, 5) is 22.7. The molecule has 2 fully saturated rings. The molecule has 9 heteroatoms. The average Bonchev–Trinajstić information content (AvgIpc) is 3.38. The molecule has 4 rings (SSSR count). The lowest BCUT2D eigenvalue weighted by Crippen LogP contribution is -2.47. The van der Waals surface area contributed by atoms with Crippen LogP contribution in [-0.2, 0) is 4.79 Å². The van der Waals surface area contributed by atoms with Gasteiger partial charge in [0.05, 0.1) is 0 Å². The number of likely N-dealkylation sites (tertiary alicyclic amines) is 1. The van der Waals surface area contributed by atoms with Crippen molar-refractivity contribution in [2.45, 2.75) is 63.0 Å². The fraction of sp³-hybridized carbons (Fsp3) is 0.591. The maximum Gasteiger partial charge on any atom is 0.263 e. The van der Waals surface area contributed by atoms with E-state index in [1.165, 1.54) is 17.6 Å². The number of thioether (sulfide) groups is 1. The third-order valence-electron chi connectivity index (χ3n) is 5.80. The number of nitrogens with zero attached hydrogens (tertiary/aromatic N) is 4. The van der Waals surface area contributed by atoms with E-state index in [0.29, 0.717) is 18.9 Å². The Morgan fingerprint density at radius 3 is 2.68 bits per heavy atom. The van der Waals surface area contributed by atoms with Crippen molar-refractivity contribution in [1.29, 1.82) is 0 Å². The van der Waals surface area contributed by atoms with E-state index < -0.39 is 11.9 Å². The van der Waals surface area contributed by atoms with Crippen molar-refractivity contribution in [3.05, 3.63) is 29.8 Å². The molecule has 0 spiro atoms. The molecule has 0 saturated carbocycles. The van der Waals surface area contributed by atoms with E-state index in [1.807, 2.05) is 17.9 Å². The number of carbonyl (C=O) groups excluding carboxylic acids is 1. The minimum absolute atomic E-state index is 0.0251. The Hall–Kier alpha value is -1.87. The van der Waals surface area contributed by atoms with Gasteiger partial charge in [0.1, 0.15) is 5.82 Å². The Morgan fingerprint density at radius 2 is 2.03 bits per heavy atom. The van der Waals surface area contributed by atoms with E-state index in [-0.39, 0.29) is 17.7 Å². The first-order chi connectivity index (χ1) is 15.0. The summed E-state index contributed by atoms with van der Waals surface area (Å²) >= 11 is 3.03. The zero-order chi connectivity index (χ0) is 22.0. The van der Waals surface area contributed by atoms with Gasteiger partial charge in [0.25, 0.3) is 5.91 Å². The Balaban J connectivity index is 1.32. The Morgan fingerprint density at radius 1 is 1.26 bits per heavy atom. The monoisotopic (exact) mass is 464 g/mol. The summed E-state index contributed by atoms with van der Waals surface area (Å²) in [5, 5.41) is 0.969. The maximum atomic E-state index is 14.4. The fourth-order valence-corrected chi connectivity index (χ4v) is 5.64. The molecule has 0 aliphatic carbocycles. The summed E-state index contributed by atoms with van der Waals surface area (Å²) in [5.74, 6) is 1.83. The molecule has 0 radical (unpaired) electrons.